The lowest BCUT2D eigenvalue weighted by Crippen LogP contribution is -2.04. The summed E-state index contributed by atoms with van der Waals surface area (Å²) >= 11 is 0. The van der Waals surface area contributed by atoms with Crippen LogP contribution in [0.4, 0.5) is 0 Å². The zero-order chi connectivity index (χ0) is 9.10. The van der Waals surface area contributed by atoms with Crippen LogP contribution in [0.1, 0.15) is 43.4 Å². The van der Waals surface area contributed by atoms with Crippen LogP contribution in [0.2, 0.25) is 0 Å². The van der Waals surface area contributed by atoms with Crippen LogP contribution in [0.5, 0.6) is 0 Å². The lowest BCUT2D eigenvalue weighted by Gasteiger charge is -2.00. The van der Waals surface area contributed by atoms with Crippen LogP contribution in [0.3, 0.4) is 0 Å². The molecule has 1 fully saturated rings. The second kappa shape index (κ2) is 3.87. The number of hydrogen-bond acceptors (Lipinski definition) is 4. The molecule has 0 bridgehead atoms. The third kappa shape index (κ3) is 1.88. The smallest absolute Gasteiger partial charge is 0.230 e. The van der Waals surface area contributed by atoms with Gasteiger partial charge >= 0.3 is 0 Å². The highest BCUT2D eigenvalue weighted by atomic mass is 16.4. The molecule has 72 valence electrons. The third-order valence-electron chi connectivity index (χ3n) is 2.51. The molecule has 0 aliphatic heterocycles. The average molecular weight is 181 g/mol. The molecule has 1 heterocycles. The highest BCUT2D eigenvalue weighted by molar-refractivity contribution is 4.93. The van der Waals surface area contributed by atoms with Gasteiger partial charge in [-0.05, 0) is 19.9 Å². The van der Waals surface area contributed by atoms with Crippen molar-refractivity contribution >= 4 is 0 Å². The van der Waals surface area contributed by atoms with Crippen molar-refractivity contribution < 1.29 is 4.42 Å². The summed E-state index contributed by atoms with van der Waals surface area (Å²) in [6, 6.07) is 0. The standard InChI is InChI=1S/C9H15N3O/c1-10-6-8-11-12-9(13-8)7-4-2-3-5-7/h7,10H,2-6H2,1H3. The molecule has 13 heavy (non-hydrogen) atoms. The SMILES string of the molecule is CNCc1nnc(C2CCCC2)o1. The van der Waals surface area contributed by atoms with Crippen molar-refractivity contribution in [3.8, 4) is 0 Å². The van der Waals surface area contributed by atoms with Crippen LogP contribution >= 0.6 is 0 Å². The Morgan fingerprint density at radius 2 is 2.15 bits per heavy atom. The average Bonchev–Trinajstić information content (AvgIpc) is 2.70. The van der Waals surface area contributed by atoms with Crippen LogP contribution in [0.15, 0.2) is 4.42 Å². The van der Waals surface area contributed by atoms with Crippen LogP contribution < -0.4 is 5.32 Å². The molecule has 0 radical (unpaired) electrons. The van der Waals surface area contributed by atoms with Gasteiger partial charge < -0.3 is 9.73 Å². The highest BCUT2D eigenvalue weighted by Crippen LogP contribution is 2.32. The first-order chi connectivity index (χ1) is 6.40. The Morgan fingerprint density at radius 1 is 1.38 bits per heavy atom. The van der Waals surface area contributed by atoms with Gasteiger partial charge in [-0.3, -0.25) is 0 Å². The lowest BCUT2D eigenvalue weighted by atomic mass is 10.1. The molecule has 0 unspecified atom stereocenters. The molecule has 1 aromatic rings. The minimum Gasteiger partial charge on any atom is -0.424 e. The molecule has 1 N–H and O–H groups in total. The van der Waals surface area contributed by atoms with E-state index in [1.807, 2.05) is 7.05 Å². The summed E-state index contributed by atoms with van der Waals surface area (Å²) < 4.78 is 5.52. The van der Waals surface area contributed by atoms with Gasteiger partial charge in [0.15, 0.2) is 0 Å². The van der Waals surface area contributed by atoms with E-state index in [0.29, 0.717) is 18.4 Å². The van der Waals surface area contributed by atoms with Crippen molar-refractivity contribution in [1.82, 2.24) is 15.5 Å². The Hall–Kier alpha value is -0.900. The first-order valence-electron chi connectivity index (χ1n) is 4.87. The summed E-state index contributed by atoms with van der Waals surface area (Å²) in [7, 11) is 1.87. The zero-order valence-electron chi connectivity index (χ0n) is 7.92. The van der Waals surface area contributed by atoms with Crippen molar-refractivity contribution in [2.75, 3.05) is 7.05 Å². The number of nitrogens with zero attached hydrogens (tertiary/aromatic N) is 2. The number of rotatable bonds is 3. The summed E-state index contributed by atoms with van der Waals surface area (Å²) in [6.45, 7) is 0.666. The third-order valence-corrected chi connectivity index (χ3v) is 2.51. The van der Waals surface area contributed by atoms with E-state index in [1.165, 1.54) is 25.7 Å². The molecule has 0 atom stereocenters. The summed E-state index contributed by atoms with van der Waals surface area (Å²) in [4.78, 5) is 0. The van der Waals surface area contributed by atoms with E-state index in [4.69, 9.17) is 4.42 Å². The van der Waals surface area contributed by atoms with Gasteiger partial charge in [-0.25, -0.2) is 0 Å². The lowest BCUT2D eigenvalue weighted by molar-refractivity contribution is 0.409. The largest absolute Gasteiger partial charge is 0.424 e. The Labute approximate surface area is 77.7 Å². The van der Waals surface area contributed by atoms with Gasteiger partial charge in [-0.2, -0.15) is 0 Å². The van der Waals surface area contributed by atoms with E-state index in [0.717, 1.165) is 5.89 Å². The molecule has 0 amide bonds. The van der Waals surface area contributed by atoms with Gasteiger partial charge in [0.05, 0.1) is 6.54 Å². The maximum atomic E-state index is 5.52. The molecule has 4 nitrogen and oxygen atoms in total. The van der Waals surface area contributed by atoms with E-state index in [9.17, 15) is 0 Å². The maximum absolute atomic E-state index is 5.52. The Kier molecular flexibility index (Phi) is 2.59. The molecule has 0 aromatic carbocycles. The molecule has 2 rings (SSSR count). The Bertz CT molecular complexity index is 266. The van der Waals surface area contributed by atoms with Crippen molar-refractivity contribution in [3.05, 3.63) is 11.8 Å². The molecular formula is C9H15N3O. The number of aromatic nitrogens is 2. The fourth-order valence-electron chi connectivity index (χ4n) is 1.83. The van der Waals surface area contributed by atoms with Crippen LogP contribution in [-0.4, -0.2) is 17.2 Å². The summed E-state index contributed by atoms with van der Waals surface area (Å²) in [5.74, 6) is 2.06. The Morgan fingerprint density at radius 3 is 2.85 bits per heavy atom. The molecule has 1 saturated carbocycles. The first kappa shape index (κ1) is 8.69. The van der Waals surface area contributed by atoms with E-state index < -0.39 is 0 Å². The topological polar surface area (TPSA) is 51.0 Å². The normalized spacial score (nSPS) is 18.2. The monoisotopic (exact) mass is 181 g/mol. The van der Waals surface area contributed by atoms with E-state index in [2.05, 4.69) is 15.5 Å². The van der Waals surface area contributed by atoms with Gasteiger partial charge in [0.1, 0.15) is 0 Å². The van der Waals surface area contributed by atoms with E-state index >= 15 is 0 Å². The quantitative estimate of drug-likeness (QED) is 0.766. The molecule has 1 aliphatic carbocycles. The minimum atomic E-state index is 0.526. The van der Waals surface area contributed by atoms with Gasteiger partial charge in [0.25, 0.3) is 0 Å². The van der Waals surface area contributed by atoms with Crippen molar-refractivity contribution in [2.45, 2.75) is 38.1 Å². The fraction of sp³-hybridized carbons (Fsp3) is 0.778. The second-order valence-corrected chi connectivity index (χ2v) is 3.55. The predicted octanol–water partition coefficient (Wildman–Crippen LogP) is 1.45. The summed E-state index contributed by atoms with van der Waals surface area (Å²) in [5, 5.41) is 11.0. The predicted molar refractivity (Wildman–Crippen MR) is 48.3 cm³/mol. The zero-order valence-corrected chi connectivity index (χ0v) is 7.92. The van der Waals surface area contributed by atoms with Gasteiger partial charge in [0.2, 0.25) is 11.8 Å². The van der Waals surface area contributed by atoms with Crippen LogP contribution in [0.25, 0.3) is 0 Å². The molecule has 0 saturated heterocycles. The number of nitrogens with one attached hydrogen (secondary N) is 1. The fourth-order valence-corrected chi connectivity index (χ4v) is 1.83. The minimum absolute atomic E-state index is 0.526. The number of hydrogen-bond donors (Lipinski definition) is 1. The van der Waals surface area contributed by atoms with Crippen molar-refractivity contribution in [1.29, 1.82) is 0 Å². The van der Waals surface area contributed by atoms with Crippen molar-refractivity contribution in [2.24, 2.45) is 0 Å². The van der Waals surface area contributed by atoms with Crippen LogP contribution in [0, 0.1) is 0 Å². The molecular weight excluding hydrogens is 166 g/mol. The maximum Gasteiger partial charge on any atom is 0.230 e. The van der Waals surface area contributed by atoms with E-state index in [1.54, 1.807) is 0 Å². The molecule has 1 aliphatic rings. The first-order valence-corrected chi connectivity index (χ1v) is 4.87. The second-order valence-electron chi connectivity index (χ2n) is 3.55. The van der Waals surface area contributed by atoms with E-state index in [-0.39, 0.29) is 0 Å². The van der Waals surface area contributed by atoms with Gasteiger partial charge in [0, 0.05) is 5.92 Å². The highest BCUT2D eigenvalue weighted by Gasteiger charge is 2.22. The Balaban J connectivity index is 2.03. The molecule has 0 spiro atoms. The molecule has 1 aromatic heterocycles. The molecule has 4 heteroatoms. The van der Waals surface area contributed by atoms with Gasteiger partial charge in [-0.15, -0.1) is 10.2 Å². The van der Waals surface area contributed by atoms with Crippen LogP contribution in [-0.2, 0) is 6.54 Å². The van der Waals surface area contributed by atoms with Crippen molar-refractivity contribution in [3.63, 3.8) is 0 Å². The summed E-state index contributed by atoms with van der Waals surface area (Å²) in [5.41, 5.74) is 0. The van der Waals surface area contributed by atoms with Gasteiger partial charge in [-0.1, -0.05) is 12.8 Å². The summed E-state index contributed by atoms with van der Waals surface area (Å²) in [6.07, 6.45) is 5.02.